The summed E-state index contributed by atoms with van der Waals surface area (Å²) in [6, 6.07) is 11.5. The van der Waals surface area contributed by atoms with Crippen molar-refractivity contribution in [1.29, 1.82) is 0 Å². The van der Waals surface area contributed by atoms with Crippen molar-refractivity contribution in [3.05, 3.63) is 42.2 Å². The molecule has 4 rings (SSSR count). The van der Waals surface area contributed by atoms with Crippen molar-refractivity contribution < 1.29 is 14.0 Å². The summed E-state index contributed by atoms with van der Waals surface area (Å²) in [5, 5.41) is 6.73. The number of hydrogen-bond acceptors (Lipinski definition) is 6. The van der Waals surface area contributed by atoms with E-state index in [0.29, 0.717) is 24.6 Å². The summed E-state index contributed by atoms with van der Waals surface area (Å²) in [4.78, 5) is 31.2. The van der Waals surface area contributed by atoms with Gasteiger partial charge in [-0.05, 0) is 43.5 Å². The molecule has 7 nitrogen and oxygen atoms in total. The van der Waals surface area contributed by atoms with Gasteiger partial charge in [-0.3, -0.25) is 14.5 Å². The molecule has 3 heterocycles. The molecule has 158 valence electrons. The van der Waals surface area contributed by atoms with Crippen LogP contribution in [-0.2, 0) is 4.79 Å². The molecule has 2 amide bonds. The average molecular weight is 427 g/mol. The third kappa shape index (κ3) is 4.88. The monoisotopic (exact) mass is 426 g/mol. The number of furan rings is 1. The molecule has 0 bridgehead atoms. The molecule has 3 aromatic rings. The maximum Gasteiger partial charge on any atom is 0.287 e. The van der Waals surface area contributed by atoms with Gasteiger partial charge in [0.25, 0.3) is 5.91 Å². The van der Waals surface area contributed by atoms with E-state index < -0.39 is 0 Å². The number of carbonyl (C=O) groups excluding carboxylic acids is 2. The second-order valence-electron chi connectivity index (χ2n) is 7.52. The molecule has 0 spiro atoms. The number of hydrogen-bond donors (Lipinski definition) is 2. The van der Waals surface area contributed by atoms with Gasteiger partial charge in [-0.25, -0.2) is 4.98 Å². The molecule has 1 fully saturated rings. The maximum absolute atomic E-state index is 12.6. The van der Waals surface area contributed by atoms with Crippen LogP contribution in [0.25, 0.3) is 21.0 Å². The topological polar surface area (TPSA) is 87.5 Å². The minimum absolute atomic E-state index is 0.0669. The number of carbonyl (C=O) groups is 2. The third-order valence-corrected chi connectivity index (χ3v) is 6.25. The van der Waals surface area contributed by atoms with E-state index in [2.05, 4.69) is 20.5 Å². The van der Waals surface area contributed by atoms with Gasteiger partial charge in [-0.2, -0.15) is 0 Å². The Kier molecular flexibility index (Phi) is 6.44. The Bertz CT molecular complexity index is 987. The lowest BCUT2D eigenvalue weighted by molar-refractivity contribution is -0.122. The predicted octanol–water partition coefficient (Wildman–Crippen LogP) is 3.28. The zero-order valence-corrected chi connectivity index (χ0v) is 17.8. The lowest BCUT2D eigenvalue weighted by Crippen LogP contribution is -2.47. The highest BCUT2D eigenvalue weighted by Crippen LogP contribution is 2.31. The summed E-state index contributed by atoms with van der Waals surface area (Å²) in [5.41, 5.74) is 0.926. The minimum atomic E-state index is -0.207. The largest absolute Gasteiger partial charge is 0.448 e. The maximum atomic E-state index is 12.6. The summed E-state index contributed by atoms with van der Waals surface area (Å²) in [6.45, 7) is 4.76. The number of thiazole rings is 1. The molecule has 2 aromatic heterocycles. The van der Waals surface area contributed by atoms with Crippen LogP contribution in [0.3, 0.4) is 0 Å². The van der Waals surface area contributed by atoms with Gasteiger partial charge in [-0.1, -0.05) is 19.1 Å². The number of amides is 2. The fourth-order valence-corrected chi connectivity index (χ4v) is 4.50. The molecular weight excluding hydrogens is 400 g/mol. The number of rotatable bonds is 7. The molecular formula is C22H26N4O3S. The molecule has 0 aliphatic carbocycles. The smallest absolute Gasteiger partial charge is 0.287 e. The molecule has 1 aromatic carbocycles. The number of para-hydroxylation sites is 1. The molecule has 0 unspecified atom stereocenters. The minimum Gasteiger partial charge on any atom is -0.448 e. The van der Waals surface area contributed by atoms with Gasteiger partial charge < -0.3 is 15.1 Å². The zero-order chi connectivity index (χ0) is 20.9. The average Bonchev–Trinajstić information content (AvgIpc) is 3.40. The summed E-state index contributed by atoms with van der Waals surface area (Å²) in [6.07, 6.45) is 2.57. The second kappa shape index (κ2) is 9.40. The number of nitrogens with one attached hydrogen (secondary N) is 2. The number of piperidine rings is 1. The highest BCUT2D eigenvalue weighted by molar-refractivity contribution is 7.21. The molecule has 8 heteroatoms. The van der Waals surface area contributed by atoms with Crippen molar-refractivity contribution in [3.63, 3.8) is 0 Å². The molecule has 30 heavy (non-hydrogen) atoms. The quantitative estimate of drug-likeness (QED) is 0.605. The van der Waals surface area contributed by atoms with Crippen LogP contribution in [0.5, 0.6) is 0 Å². The Morgan fingerprint density at radius 3 is 2.77 bits per heavy atom. The first kappa shape index (κ1) is 20.6. The van der Waals surface area contributed by atoms with Crippen LogP contribution >= 0.6 is 11.3 Å². The molecule has 1 saturated heterocycles. The van der Waals surface area contributed by atoms with Crippen LogP contribution < -0.4 is 10.6 Å². The van der Waals surface area contributed by atoms with E-state index in [-0.39, 0.29) is 17.9 Å². The number of benzene rings is 1. The van der Waals surface area contributed by atoms with Crippen molar-refractivity contribution in [2.75, 3.05) is 26.2 Å². The number of aromatic nitrogens is 1. The normalized spacial score (nSPS) is 15.4. The Balaban J connectivity index is 1.29. The SMILES string of the molecule is CCCNC(=O)CN1CCC(NC(=O)c2ccc(-c3nc4ccccc4s3)o2)CC1. The number of nitrogens with zero attached hydrogens (tertiary/aromatic N) is 2. The first-order chi connectivity index (χ1) is 14.6. The van der Waals surface area contributed by atoms with Crippen molar-refractivity contribution in [2.24, 2.45) is 0 Å². The highest BCUT2D eigenvalue weighted by Gasteiger charge is 2.24. The van der Waals surface area contributed by atoms with Gasteiger partial charge >= 0.3 is 0 Å². The predicted molar refractivity (Wildman–Crippen MR) is 118 cm³/mol. The molecule has 2 N–H and O–H groups in total. The van der Waals surface area contributed by atoms with E-state index in [1.54, 1.807) is 23.5 Å². The van der Waals surface area contributed by atoms with Crippen LogP contribution in [0.2, 0.25) is 0 Å². The Morgan fingerprint density at radius 2 is 2.00 bits per heavy atom. The van der Waals surface area contributed by atoms with Gasteiger partial charge in [0.2, 0.25) is 5.91 Å². The molecule has 0 saturated carbocycles. The number of fused-ring (bicyclic) bond motifs is 1. The molecule has 1 aliphatic rings. The van der Waals surface area contributed by atoms with E-state index in [9.17, 15) is 9.59 Å². The van der Waals surface area contributed by atoms with Crippen molar-refractivity contribution >= 4 is 33.4 Å². The molecule has 0 atom stereocenters. The van der Waals surface area contributed by atoms with Gasteiger partial charge in [0.1, 0.15) is 0 Å². The molecule has 1 aliphatic heterocycles. The fraction of sp³-hybridized carbons (Fsp3) is 0.409. The van der Waals surface area contributed by atoms with Gasteiger partial charge in [-0.15, -0.1) is 11.3 Å². The summed E-state index contributed by atoms with van der Waals surface area (Å²) in [5.74, 6) is 0.763. The van der Waals surface area contributed by atoms with Crippen LogP contribution in [0.15, 0.2) is 40.8 Å². The first-order valence-electron chi connectivity index (χ1n) is 10.4. The van der Waals surface area contributed by atoms with Gasteiger partial charge in [0.15, 0.2) is 16.5 Å². The second-order valence-corrected chi connectivity index (χ2v) is 8.56. The van der Waals surface area contributed by atoms with E-state index in [4.69, 9.17) is 4.42 Å². The van der Waals surface area contributed by atoms with Crippen LogP contribution in [0, 0.1) is 0 Å². The summed E-state index contributed by atoms with van der Waals surface area (Å²) in [7, 11) is 0. The lowest BCUT2D eigenvalue weighted by Gasteiger charge is -2.31. The number of likely N-dealkylation sites (tertiary alicyclic amines) is 1. The Labute approximate surface area is 179 Å². The van der Waals surface area contributed by atoms with Gasteiger partial charge in [0.05, 0.1) is 16.8 Å². The Hall–Kier alpha value is -2.71. The van der Waals surface area contributed by atoms with Crippen LogP contribution in [0.4, 0.5) is 0 Å². The van der Waals surface area contributed by atoms with Gasteiger partial charge in [0, 0.05) is 25.7 Å². The third-order valence-electron chi connectivity index (χ3n) is 5.20. The van der Waals surface area contributed by atoms with E-state index in [1.165, 1.54) is 0 Å². The molecule has 0 radical (unpaired) electrons. The fourth-order valence-electron chi connectivity index (χ4n) is 3.57. The van der Waals surface area contributed by atoms with Crippen LogP contribution in [-0.4, -0.2) is 53.9 Å². The van der Waals surface area contributed by atoms with Crippen molar-refractivity contribution in [3.8, 4) is 10.8 Å². The summed E-state index contributed by atoms with van der Waals surface area (Å²) < 4.78 is 6.87. The highest BCUT2D eigenvalue weighted by atomic mass is 32.1. The van der Waals surface area contributed by atoms with Crippen molar-refractivity contribution in [2.45, 2.75) is 32.2 Å². The van der Waals surface area contributed by atoms with Crippen molar-refractivity contribution in [1.82, 2.24) is 20.5 Å². The zero-order valence-electron chi connectivity index (χ0n) is 17.0. The van der Waals surface area contributed by atoms with E-state index in [1.807, 2.05) is 31.2 Å². The lowest BCUT2D eigenvalue weighted by atomic mass is 10.0. The standard InChI is InChI=1S/C22H26N4O3S/c1-2-11-23-20(27)14-26-12-9-15(10-13-26)24-21(28)17-7-8-18(29-17)22-25-16-5-3-4-6-19(16)30-22/h3-8,15H,2,9-14H2,1H3,(H,23,27)(H,24,28). The Morgan fingerprint density at radius 1 is 1.20 bits per heavy atom. The van der Waals surface area contributed by atoms with E-state index >= 15 is 0 Å². The van der Waals surface area contributed by atoms with E-state index in [0.717, 1.165) is 47.6 Å². The summed E-state index contributed by atoms with van der Waals surface area (Å²) >= 11 is 1.55. The first-order valence-corrected chi connectivity index (χ1v) is 11.2. The van der Waals surface area contributed by atoms with Crippen LogP contribution in [0.1, 0.15) is 36.7 Å².